The van der Waals surface area contributed by atoms with Gasteiger partial charge in [-0.3, -0.25) is 19.2 Å². The van der Waals surface area contributed by atoms with E-state index in [1.165, 1.54) is 19.2 Å². The van der Waals surface area contributed by atoms with Gasteiger partial charge in [0.25, 0.3) is 0 Å². The van der Waals surface area contributed by atoms with Crippen LogP contribution in [0.3, 0.4) is 0 Å². The van der Waals surface area contributed by atoms with E-state index in [1.54, 1.807) is 61.5 Å². The quantitative estimate of drug-likeness (QED) is 0.315. The molecule has 0 aliphatic rings. The zero-order chi connectivity index (χ0) is 29.5. The molecule has 0 saturated carbocycles. The van der Waals surface area contributed by atoms with E-state index in [0.717, 1.165) is 6.42 Å². The van der Waals surface area contributed by atoms with Gasteiger partial charge in [0.2, 0.25) is 0 Å². The summed E-state index contributed by atoms with van der Waals surface area (Å²) in [4.78, 5) is 50.3. The van der Waals surface area contributed by atoms with E-state index in [0.29, 0.717) is 12.0 Å². The van der Waals surface area contributed by atoms with Crippen molar-refractivity contribution in [2.45, 2.75) is 99.6 Å². The van der Waals surface area contributed by atoms with Crippen LogP contribution in [0.15, 0.2) is 18.2 Å². The number of ether oxygens (including phenoxy) is 4. The molecular weight excluding hydrogens is 490 g/mol. The molecule has 0 amide bonds. The molecular formula is C29H45NO8. The predicted octanol–water partition coefficient (Wildman–Crippen LogP) is 4.76. The van der Waals surface area contributed by atoms with E-state index in [2.05, 4.69) is 0 Å². The van der Waals surface area contributed by atoms with Gasteiger partial charge in [0.15, 0.2) is 11.5 Å². The van der Waals surface area contributed by atoms with Crippen molar-refractivity contribution < 1.29 is 38.1 Å². The highest BCUT2D eigenvalue weighted by Gasteiger charge is 2.39. The van der Waals surface area contributed by atoms with Crippen molar-refractivity contribution in [3.8, 4) is 11.5 Å². The first kappa shape index (κ1) is 33.1. The molecule has 0 aliphatic heterocycles. The fourth-order valence-corrected chi connectivity index (χ4v) is 3.55. The van der Waals surface area contributed by atoms with Crippen LogP contribution in [0.25, 0.3) is 0 Å². The van der Waals surface area contributed by atoms with Crippen molar-refractivity contribution in [1.82, 2.24) is 0 Å². The van der Waals surface area contributed by atoms with E-state index in [-0.39, 0.29) is 36.2 Å². The monoisotopic (exact) mass is 535 g/mol. The van der Waals surface area contributed by atoms with Gasteiger partial charge in [-0.25, -0.2) is 0 Å². The molecule has 9 heteroatoms. The summed E-state index contributed by atoms with van der Waals surface area (Å²) in [5.41, 5.74) is 3.91. The van der Waals surface area contributed by atoms with Crippen LogP contribution in [-0.4, -0.2) is 42.6 Å². The van der Waals surface area contributed by atoms with E-state index < -0.39 is 40.4 Å². The van der Waals surface area contributed by atoms with Gasteiger partial charge >= 0.3 is 23.9 Å². The molecule has 3 atom stereocenters. The average molecular weight is 536 g/mol. The predicted molar refractivity (Wildman–Crippen MR) is 144 cm³/mol. The highest BCUT2D eigenvalue weighted by Crippen LogP contribution is 2.34. The Kier molecular flexibility index (Phi) is 11.5. The lowest BCUT2D eigenvalue weighted by molar-refractivity contribution is -0.157. The van der Waals surface area contributed by atoms with Crippen molar-refractivity contribution in [3.05, 3.63) is 23.8 Å². The second-order valence-corrected chi connectivity index (χ2v) is 12.0. The summed E-state index contributed by atoms with van der Waals surface area (Å²) in [5.74, 6) is -2.24. The van der Waals surface area contributed by atoms with Crippen LogP contribution >= 0.6 is 0 Å². The van der Waals surface area contributed by atoms with Gasteiger partial charge in [-0.05, 0) is 72.6 Å². The number of benzene rings is 1. The van der Waals surface area contributed by atoms with E-state index in [9.17, 15) is 19.2 Å². The molecule has 1 rings (SSSR count). The van der Waals surface area contributed by atoms with Crippen molar-refractivity contribution >= 4 is 23.9 Å². The maximum atomic E-state index is 12.8. The molecule has 1 aromatic carbocycles. The molecule has 0 heterocycles. The maximum Gasteiger partial charge on any atom is 0.326 e. The Labute approximate surface area is 226 Å². The first-order valence-electron chi connectivity index (χ1n) is 13.0. The Hall–Kier alpha value is -2.94. The van der Waals surface area contributed by atoms with Crippen molar-refractivity contribution in [3.63, 3.8) is 0 Å². The van der Waals surface area contributed by atoms with Crippen LogP contribution in [0.1, 0.15) is 87.1 Å². The maximum absolute atomic E-state index is 12.8. The highest BCUT2D eigenvalue weighted by atomic mass is 16.6. The minimum absolute atomic E-state index is 0.00212. The van der Waals surface area contributed by atoms with Gasteiger partial charge in [0.1, 0.15) is 11.6 Å². The van der Waals surface area contributed by atoms with E-state index in [1.807, 2.05) is 6.92 Å². The lowest BCUT2D eigenvalue weighted by Gasteiger charge is -2.30. The number of rotatable bonds is 11. The van der Waals surface area contributed by atoms with Crippen LogP contribution in [0.4, 0.5) is 0 Å². The standard InChI is InChI=1S/C29H45NO8/c1-11-12-18(2)23(31)36-19(3)16-29(30,26(34)35-10)17-20-13-14-21(37-24(32)27(4,5)6)22(15-20)38-25(33)28(7,8)9/h13-15,18-19H,11-12,16-17,30H2,1-10H3/t18?,19-,29?/m0/s1. The number of carbonyl (C=O) groups excluding carboxylic acids is 4. The highest BCUT2D eigenvalue weighted by molar-refractivity contribution is 5.82. The topological polar surface area (TPSA) is 131 Å². The van der Waals surface area contributed by atoms with Gasteiger partial charge in [0, 0.05) is 12.8 Å². The first-order valence-corrected chi connectivity index (χ1v) is 13.0. The van der Waals surface area contributed by atoms with Gasteiger partial charge < -0.3 is 24.7 Å². The summed E-state index contributed by atoms with van der Waals surface area (Å²) in [6, 6.07) is 4.64. The Morgan fingerprint density at radius 3 is 1.87 bits per heavy atom. The zero-order valence-corrected chi connectivity index (χ0v) is 24.6. The second kappa shape index (κ2) is 13.2. The van der Waals surface area contributed by atoms with Crippen LogP contribution in [0, 0.1) is 16.7 Å². The molecule has 0 radical (unpaired) electrons. The number of nitrogens with two attached hydrogens (primary N) is 1. The largest absolute Gasteiger partial charge is 0.468 e. The normalized spacial score (nSPS) is 15.0. The first-order chi connectivity index (χ1) is 17.3. The molecule has 9 nitrogen and oxygen atoms in total. The Bertz CT molecular complexity index is 1000. The van der Waals surface area contributed by atoms with Crippen molar-refractivity contribution in [2.24, 2.45) is 22.5 Å². The third kappa shape index (κ3) is 9.74. The lowest BCUT2D eigenvalue weighted by atomic mass is 9.86. The summed E-state index contributed by atoms with van der Waals surface area (Å²) in [6.07, 6.45) is 0.869. The molecule has 0 aromatic heterocycles. The third-order valence-corrected chi connectivity index (χ3v) is 5.84. The van der Waals surface area contributed by atoms with Crippen molar-refractivity contribution in [1.29, 1.82) is 0 Å². The molecule has 0 fully saturated rings. The van der Waals surface area contributed by atoms with Gasteiger partial charge in [0.05, 0.1) is 23.9 Å². The number of hydrogen-bond donors (Lipinski definition) is 1. The fourth-order valence-electron chi connectivity index (χ4n) is 3.55. The molecule has 0 saturated heterocycles. The lowest BCUT2D eigenvalue weighted by Crippen LogP contribution is -2.53. The molecule has 38 heavy (non-hydrogen) atoms. The summed E-state index contributed by atoms with van der Waals surface area (Å²) >= 11 is 0. The molecule has 0 aliphatic carbocycles. The van der Waals surface area contributed by atoms with Crippen LogP contribution < -0.4 is 15.2 Å². The van der Waals surface area contributed by atoms with Crippen LogP contribution in [-0.2, 0) is 35.1 Å². The Morgan fingerprint density at radius 1 is 0.868 bits per heavy atom. The summed E-state index contributed by atoms with van der Waals surface area (Å²) in [7, 11) is 1.23. The summed E-state index contributed by atoms with van der Waals surface area (Å²) in [5, 5.41) is 0. The molecule has 0 spiro atoms. The number of carbonyl (C=O) groups is 4. The summed E-state index contributed by atoms with van der Waals surface area (Å²) < 4.78 is 21.7. The molecule has 2 N–H and O–H groups in total. The summed E-state index contributed by atoms with van der Waals surface area (Å²) in [6.45, 7) is 15.7. The number of hydrogen-bond acceptors (Lipinski definition) is 9. The second-order valence-electron chi connectivity index (χ2n) is 12.0. The Morgan fingerprint density at radius 2 is 1.39 bits per heavy atom. The smallest absolute Gasteiger partial charge is 0.326 e. The third-order valence-electron chi connectivity index (χ3n) is 5.84. The van der Waals surface area contributed by atoms with E-state index in [4.69, 9.17) is 24.7 Å². The molecule has 2 unspecified atom stereocenters. The average Bonchev–Trinajstić information content (AvgIpc) is 2.78. The number of methoxy groups -OCH3 is 1. The molecule has 214 valence electrons. The SMILES string of the molecule is CCCC(C)C(=O)O[C@@H](C)CC(N)(Cc1ccc(OC(=O)C(C)(C)C)c(OC(=O)C(C)(C)C)c1)C(=O)OC. The fraction of sp³-hybridized carbons (Fsp3) is 0.655. The van der Waals surface area contributed by atoms with Gasteiger partial charge in [-0.2, -0.15) is 0 Å². The molecule has 0 bridgehead atoms. The van der Waals surface area contributed by atoms with Crippen molar-refractivity contribution in [2.75, 3.05) is 7.11 Å². The van der Waals surface area contributed by atoms with Gasteiger partial charge in [-0.15, -0.1) is 0 Å². The minimum atomic E-state index is -1.54. The molecule has 1 aromatic rings. The minimum Gasteiger partial charge on any atom is -0.468 e. The van der Waals surface area contributed by atoms with Gasteiger partial charge in [-0.1, -0.05) is 26.3 Å². The van der Waals surface area contributed by atoms with Crippen LogP contribution in [0.2, 0.25) is 0 Å². The zero-order valence-electron chi connectivity index (χ0n) is 24.6. The number of esters is 4. The Balaban J connectivity index is 3.32. The van der Waals surface area contributed by atoms with E-state index >= 15 is 0 Å². The van der Waals surface area contributed by atoms with Crippen LogP contribution in [0.5, 0.6) is 11.5 Å².